The zero-order valence-corrected chi connectivity index (χ0v) is 8.14. The largest absolute Gasteiger partial charge is 0.388 e. The van der Waals surface area contributed by atoms with Gasteiger partial charge in [-0.3, -0.25) is 4.68 Å². The molecule has 0 saturated heterocycles. The second-order valence-electron chi connectivity index (χ2n) is 4.09. The van der Waals surface area contributed by atoms with Crippen molar-refractivity contribution in [2.75, 3.05) is 0 Å². The molecule has 2 atom stereocenters. The summed E-state index contributed by atoms with van der Waals surface area (Å²) in [7, 11) is 1.87. The molecule has 1 heterocycles. The molecular formula is C10H16N2O. The third kappa shape index (κ3) is 1.75. The molecule has 2 rings (SSSR count). The number of nitrogens with zero attached hydrogens (tertiary/aromatic N) is 2. The molecule has 0 bridgehead atoms. The van der Waals surface area contributed by atoms with E-state index in [0.717, 1.165) is 11.5 Å². The number of aliphatic hydroxyl groups is 1. The van der Waals surface area contributed by atoms with Gasteiger partial charge >= 0.3 is 0 Å². The minimum Gasteiger partial charge on any atom is -0.388 e. The Labute approximate surface area is 78.4 Å². The molecule has 1 N–H and O–H groups in total. The summed E-state index contributed by atoms with van der Waals surface area (Å²) in [6.45, 7) is 2.12. The average molecular weight is 180 g/mol. The maximum absolute atomic E-state index is 9.96. The molecule has 0 aliphatic heterocycles. The van der Waals surface area contributed by atoms with Crippen LogP contribution in [-0.4, -0.2) is 14.9 Å². The number of hydrogen-bond donors (Lipinski definition) is 1. The third-order valence-corrected chi connectivity index (χ3v) is 2.93. The SMILES string of the molecule is CC(C1CC1)C(O)c1cnn(C)c1. The Kier molecular flexibility index (Phi) is 2.12. The Bertz CT molecular complexity index is 291. The minimum absolute atomic E-state index is 0.332. The average Bonchev–Trinajstić information content (AvgIpc) is 2.87. The molecule has 72 valence electrons. The molecule has 3 heteroatoms. The highest BCUT2D eigenvalue weighted by Gasteiger charge is 2.33. The van der Waals surface area contributed by atoms with Crippen LogP contribution in [0.15, 0.2) is 12.4 Å². The van der Waals surface area contributed by atoms with Gasteiger partial charge in [-0.1, -0.05) is 6.92 Å². The summed E-state index contributed by atoms with van der Waals surface area (Å²) in [5, 5.41) is 14.0. The molecule has 0 amide bonds. The second kappa shape index (κ2) is 3.14. The number of aromatic nitrogens is 2. The van der Waals surface area contributed by atoms with Gasteiger partial charge < -0.3 is 5.11 Å². The molecule has 1 saturated carbocycles. The third-order valence-electron chi connectivity index (χ3n) is 2.93. The number of rotatable bonds is 3. The Hall–Kier alpha value is -0.830. The van der Waals surface area contributed by atoms with E-state index in [9.17, 15) is 5.11 Å². The lowest BCUT2D eigenvalue weighted by atomic mass is 9.95. The molecule has 3 nitrogen and oxygen atoms in total. The van der Waals surface area contributed by atoms with Gasteiger partial charge in [-0.05, 0) is 24.7 Å². The van der Waals surface area contributed by atoms with Crippen molar-refractivity contribution in [1.29, 1.82) is 0 Å². The zero-order chi connectivity index (χ0) is 9.42. The Morgan fingerprint density at radius 2 is 2.31 bits per heavy atom. The lowest BCUT2D eigenvalue weighted by Gasteiger charge is -2.16. The molecule has 1 aliphatic rings. The fraction of sp³-hybridized carbons (Fsp3) is 0.700. The van der Waals surface area contributed by atoms with Crippen LogP contribution < -0.4 is 0 Å². The van der Waals surface area contributed by atoms with E-state index in [4.69, 9.17) is 0 Å². The van der Waals surface area contributed by atoms with Gasteiger partial charge in [0.2, 0.25) is 0 Å². The van der Waals surface area contributed by atoms with E-state index in [0.29, 0.717) is 5.92 Å². The van der Waals surface area contributed by atoms with Crippen molar-refractivity contribution in [3.8, 4) is 0 Å². The first-order valence-electron chi connectivity index (χ1n) is 4.85. The first kappa shape index (κ1) is 8.75. The van der Waals surface area contributed by atoms with Crippen LogP contribution in [0.5, 0.6) is 0 Å². The molecule has 13 heavy (non-hydrogen) atoms. The fourth-order valence-corrected chi connectivity index (χ4v) is 1.78. The molecule has 0 aromatic carbocycles. The van der Waals surface area contributed by atoms with Crippen molar-refractivity contribution in [2.24, 2.45) is 18.9 Å². The Morgan fingerprint density at radius 3 is 2.77 bits per heavy atom. The Morgan fingerprint density at radius 1 is 1.62 bits per heavy atom. The van der Waals surface area contributed by atoms with Crippen LogP contribution in [0.1, 0.15) is 31.4 Å². The highest BCUT2D eigenvalue weighted by atomic mass is 16.3. The van der Waals surface area contributed by atoms with E-state index in [2.05, 4.69) is 12.0 Å². The van der Waals surface area contributed by atoms with Crippen molar-refractivity contribution < 1.29 is 5.11 Å². The van der Waals surface area contributed by atoms with E-state index in [1.165, 1.54) is 12.8 Å². The quantitative estimate of drug-likeness (QED) is 0.765. The molecule has 0 radical (unpaired) electrons. The van der Waals surface area contributed by atoms with Crippen molar-refractivity contribution >= 4 is 0 Å². The molecule has 1 fully saturated rings. The van der Waals surface area contributed by atoms with Gasteiger partial charge in [0.25, 0.3) is 0 Å². The second-order valence-corrected chi connectivity index (χ2v) is 4.09. The monoisotopic (exact) mass is 180 g/mol. The molecule has 2 unspecified atom stereocenters. The van der Waals surface area contributed by atoms with Crippen molar-refractivity contribution in [3.05, 3.63) is 18.0 Å². The van der Waals surface area contributed by atoms with Crippen molar-refractivity contribution in [3.63, 3.8) is 0 Å². The summed E-state index contributed by atoms with van der Waals surface area (Å²) in [6.07, 6.45) is 5.87. The van der Waals surface area contributed by atoms with Crippen LogP contribution in [0, 0.1) is 11.8 Å². The summed E-state index contributed by atoms with van der Waals surface area (Å²) >= 11 is 0. The smallest absolute Gasteiger partial charge is 0.0848 e. The van der Waals surface area contributed by atoms with Gasteiger partial charge in [0.1, 0.15) is 0 Å². The normalized spacial score (nSPS) is 21.5. The summed E-state index contributed by atoms with van der Waals surface area (Å²) in [4.78, 5) is 0. The predicted octanol–water partition coefficient (Wildman–Crippen LogP) is 1.50. The Balaban J connectivity index is 2.06. The summed E-state index contributed by atoms with van der Waals surface area (Å²) < 4.78 is 1.73. The van der Waals surface area contributed by atoms with Gasteiger partial charge in [0.05, 0.1) is 12.3 Å². The number of aryl methyl sites for hydroxylation is 1. The summed E-state index contributed by atoms with van der Waals surface area (Å²) in [6, 6.07) is 0. The van der Waals surface area contributed by atoms with Gasteiger partial charge in [-0.25, -0.2) is 0 Å². The highest BCUT2D eigenvalue weighted by molar-refractivity contribution is 5.09. The van der Waals surface area contributed by atoms with Crippen LogP contribution >= 0.6 is 0 Å². The highest BCUT2D eigenvalue weighted by Crippen LogP contribution is 2.42. The van der Waals surface area contributed by atoms with Crippen LogP contribution in [0.3, 0.4) is 0 Å². The maximum Gasteiger partial charge on any atom is 0.0848 e. The van der Waals surface area contributed by atoms with Gasteiger partial charge in [0.15, 0.2) is 0 Å². The van der Waals surface area contributed by atoms with Crippen LogP contribution in [0.25, 0.3) is 0 Å². The lowest BCUT2D eigenvalue weighted by Crippen LogP contribution is -2.10. The maximum atomic E-state index is 9.96. The van der Waals surface area contributed by atoms with Crippen molar-refractivity contribution in [2.45, 2.75) is 25.9 Å². The standard InChI is InChI=1S/C10H16N2O/c1-7(8-3-4-8)10(13)9-5-11-12(2)6-9/h5-8,10,13H,3-4H2,1-2H3. The minimum atomic E-state index is -0.332. The van der Waals surface area contributed by atoms with E-state index >= 15 is 0 Å². The van der Waals surface area contributed by atoms with Gasteiger partial charge in [-0.15, -0.1) is 0 Å². The molecule has 1 aromatic heterocycles. The topological polar surface area (TPSA) is 38.1 Å². The van der Waals surface area contributed by atoms with Crippen LogP contribution in [0.4, 0.5) is 0 Å². The molecule has 0 spiro atoms. The fourth-order valence-electron chi connectivity index (χ4n) is 1.78. The van der Waals surface area contributed by atoms with Crippen molar-refractivity contribution in [1.82, 2.24) is 9.78 Å². The summed E-state index contributed by atoms with van der Waals surface area (Å²) in [5.74, 6) is 1.11. The number of hydrogen-bond acceptors (Lipinski definition) is 2. The lowest BCUT2D eigenvalue weighted by molar-refractivity contribution is 0.106. The molecule has 1 aliphatic carbocycles. The predicted molar refractivity (Wildman–Crippen MR) is 50.1 cm³/mol. The van der Waals surface area contributed by atoms with Gasteiger partial charge in [-0.2, -0.15) is 5.10 Å². The zero-order valence-electron chi connectivity index (χ0n) is 8.14. The van der Waals surface area contributed by atoms with E-state index in [1.54, 1.807) is 10.9 Å². The summed E-state index contributed by atoms with van der Waals surface area (Å²) in [5.41, 5.74) is 0.946. The van der Waals surface area contributed by atoms with E-state index in [-0.39, 0.29) is 6.10 Å². The molecule has 1 aromatic rings. The van der Waals surface area contributed by atoms with Crippen LogP contribution in [-0.2, 0) is 7.05 Å². The van der Waals surface area contributed by atoms with E-state index in [1.807, 2.05) is 13.2 Å². The van der Waals surface area contributed by atoms with Crippen LogP contribution in [0.2, 0.25) is 0 Å². The number of aliphatic hydroxyl groups excluding tert-OH is 1. The first-order valence-corrected chi connectivity index (χ1v) is 4.85. The first-order chi connectivity index (χ1) is 6.18. The van der Waals surface area contributed by atoms with Gasteiger partial charge in [0, 0.05) is 18.8 Å². The molecular weight excluding hydrogens is 164 g/mol. The van der Waals surface area contributed by atoms with E-state index < -0.39 is 0 Å².